The van der Waals surface area contributed by atoms with E-state index >= 15 is 0 Å². The third-order valence-corrected chi connectivity index (χ3v) is 2.54. The fourth-order valence-electron chi connectivity index (χ4n) is 1.61. The molecule has 2 N–H and O–H groups in total. The first-order chi connectivity index (χ1) is 9.99. The number of methoxy groups -OCH3 is 1. The van der Waals surface area contributed by atoms with Crippen LogP contribution in [0.5, 0.6) is 0 Å². The van der Waals surface area contributed by atoms with E-state index in [1.54, 1.807) is 19.1 Å². The molecule has 0 unspecified atom stereocenters. The lowest BCUT2D eigenvalue weighted by atomic mass is 10.4. The normalized spacial score (nSPS) is 10.2. The Bertz CT molecular complexity index is 680. The van der Waals surface area contributed by atoms with E-state index in [1.807, 2.05) is 0 Å². The van der Waals surface area contributed by atoms with Crippen molar-refractivity contribution < 1.29 is 23.8 Å². The summed E-state index contributed by atoms with van der Waals surface area (Å²) in [5, 5.41) is 11.7. The molecule has 0 fully saturated rings. The smallest absolute Gasteiger partial charge is 0.376 e. The number of aryl methyl sites for hydroxylation is 1. The lowest BCUT2D eigenvalue weighted by molar-refractivity contribution is 0.0585. The summed E-state index contributed by atoms with van der Waals surface area (Å²) in [6, 6.07) is 4.56. The van der Waals surface area contributed by atoms with Crippen molar-refractivity contribution in [1.82, 2.24) is 9.97 Å². The van der Waals surface area contributed by atoms with Crippen LogP contribution in [-0.4, -0.2) is 34.1 Å². The third kappa shape index (κ3) is 3.56. The minimum absolute atomic E-state index is 0.0503. The predicted molar refractivity (Wildman–Crippen MR) is 71.1 cm³/mol. The summed E-state index contributed by atoms with van der Waals surface area (Å²) >= 11 is 0. The Morgan fingerprint density at radius 1 is 1.38 bits per heavy atom. The topological polar surface area (TPSA) is 115 Å². The van der Waals surface area contributed by atoms with Gasteiger partial charge in [0, 0.05) is 11.8 Å². The van der Waals surface area contributed by atoms with Gasteiger partial charge in [0.25, 0.3) is 0 Å². The van der Waals surface area contributed by atoms with E-state index in [2.05, 4.69) is 20.0 Å². The summed E-state index contributed by atoms with van der Waals surface area (Å²) < 4.78 is 9.66. The summed E-state index contributed by atoms with van der Waals surface area (Å²) in [5.74, 6) is -1.11. The number of carboxylic acids is 1. The second kappa shape index (κ2) is 6.04. The van der Waals surface area contributed by atoms with Crippen LogP contribution in [0.2, 0.25) is 0 Å². The summed E-state index contributed by atoms with van der Waals surface area (Å²) in [5.41, 5.74) is 0.596. The van der Waals surface area contributed by atoms with Crippen molar-refractivity contribution in [2.75, 3.05) is 12.4 Å². The molecule has 0 spiro atoms. The number of ether oxygens (including phenoxy) is 1. The Kier molecular flexibility index (Phi) is 4.17. The van der Waals surface area contributed by atoms with Crippen LogP contribution in [0, 0.1) is 6.92 Å². The van der Waals surface area contributed by atoms with E-state index in [4.69, 9.17) is 9.52 Å². The molecular weight excluding hydrogens is 278 g/mol. The van der Waals surface area contributed by atoms with Crippen molar-refractivity contribution in [1.29, 1.82) is 0 Å². The van der Waals surface area contributed by atoms with Crippen LogP contribution < -0.4 is 5.32 Å². The number of carbonyl (C=O) groups excluding carboxylic acids is 1. The van der Waals surface area contributed by atoms with Gasteiger partial charge in [-0.1, -0.05) is 0 Å². The van der Waals surface area contributed by atoms with Gasteiger partial charge in [-0.05, 0) is 19.1 Å². The average Bonchev–Trinajstić information content (AvgIpc) is 2.93. The minimum Gasteiger partial charge on any atom is -0.475 e. The van der Waals surface area contributed by atoms with E-state index in [0.717, 1.165) is 0 Å². The first-order valence-electron chi connectivity index (χ1n) is 5.99. The zero-order valence-electron chi connectivity index (χ0n) is 11.4. The standard InChI is InChI=1S/C13H13N3O5/c1-7-5-10(16-11(15-7)13(19)20-2)14-6-8-3-4-9(21-8)12(17)18/h3-5H,6H2,1-2H3,(H,17,18)(H,14,15,16). The second-order valence-electron chi connectivity index (χ2n) is 4.13. The fraction of sp³-hybridized carbons (Fsp3) is 0.231. The van der Waals surface area contributed by atoms with Gasteiger partial charge in [-0.15, -0.1) is 0 Å². The molecule has 0 bridgehead atoms. The van der Waals surface area contributed by atoms with E-state index in [-0.39, 0.29) is 18.1 Å². The van der Waals surface area contributed by atoms with Gasteiger partial charge in [-0.2, -0.15) is 0 Å². The zero-order valence-corrected chi connectivity index (χ0v) is 11.4. The van der Waals surface area contributed by atoms with Crippen molar-refractivity contribution in [3.8, 4) is 0 Å². The number of esters is 1. The van der Waals surface area contributed by atoms with Crippen LogP contribution in [0.4, 0.5) is 5.82 Å². The molecule has 0 aliphatic carbocycles. The largest absolute Gasteiger partial charge is 0.475 e. The molecule has 0 saturated carbocycles. The number of hydrogen-bond acceptors (Lipinski definition) is 7. The monoisotopic (exact) mass is 291 g/mol. The molecule has 0 aliphatic heterocycles. The first kappa shape index (κ1) is 14.5. The van der Waals surface area contributed by atoms with Gasteiger partial charge in [-0.25, -0.2) is 19.6 Å². The van der Waals surface area contributed by atoms with E-state index < -0.39 is 11.9 Å². The number of aromatic nitrogens is 2. The highest BCUT2D eigenvalue weighted by Gasteiger charge is 2.12. The summed E-state index contributed by atoms with van der Waals surface area (Å²) in [4.78, 5) is 30.1. The molecule has 2 rings (SSSR count). The van der Waals surface area contributed by atoms with Crippen molar-refractivity contribution in [3.63, 3.8) is 0 Å². The molecule has 2 aromatic rings. The number of nitrogens with one attached hydrogen (secondary N) is 1. The number of carboxylic acid groups (broad SMARTS) is 1. The van der Waals surface area contributed by atoms with Crippen LogP contribution in [0.3, 0.4) is 0 Å². The van der Waals surface area contributed by atoms with Crippen LogP contribution in [0.15, 0.2) is 22.6 Å². The number of carbonyl (C=O) groups is 2. The Hall–Kier alpha value is -2.90. The molecule has 0 amide bonds. The zero-order chi connectivity index (χ0) is 15.4. The third-order valence-electron chi connectivity index (χ3n) is 2.54. The van der Waals surface area contributed by atoms with Crippen molar-refractivity contribution >= 4 is 17.8 Å². The Morgan fingerprint density at radius 2 is 2.14 bits per heavy atom. The highest BCUT2D eigenvalue weighted by molar-refractivity contribution is 5.85. The molecule has 8 nitrogen and oxygen atoms in total. The maximum Gasteiger partial charge on any atom is 0.376 e. The molecular formula is C13H13N3O5. The van der Waals surface area contributed by atoms with E-state index in [9.17, 15) is 9.59 Å². The Balaban J connectivity index is 2.10. The molecule has 8 heteroatoms. The molecule has 2 aromatic heterocycles. The number of rotatable bonds is 5. The first-order valence-corrected chi connectivity index (χ1v) is 5.99. The molecule has 0 saturated heterocycles. The lowest BCUT2D eigenvalue weighted by Crippen LogP contribution is -2.11. The summed E-state index contributed by atoms with van der Waals surface area (Å²) in [6.45, 7) is 1.94. The van der Waals surface area contributed by atoms with Crippen molar-refractivity contribution in [2.45, 2.75) is 13.5 Å². The maximum absolute atomic E-state index is 11.4. The minimum atomic E-state index is -1.13. The molecule has 0 atom stereocenters. The number of furan rings is 1. The molecule has 110 valence electrons. The predicted octanol–water partition coefficient (Wildman–Crippen LogP) is 1.47. The summed E-state index contributed by atoms with van der Waals surface area (Å²) in [7, 11) is 1.25. The maximum atomic E-state index is 11.4. The van der Waals surface area contributed by atoms with Gasteiger partial charge in [0.15, 0.2) is 0 Å². The molecule has 2 heterocycles. The summed E-state index contributed by atoms with van der Waals surface area (Å²) in [6.07, 6.45) is 0. The van der Waals surface area contributed by atoms with Gasteiger partial charge in [-0.3, -0.25) is 0 Å². The highest BCUT2D eigenvalue weighted by atomic mass is 16.5. The van der Waals surface area contributed by atoms with Gasteiger partial charge in [0.2, 0.25) is 11.6 Å². The highest BCUT2D eigenvalue weighted by Crippen LogP contribution is 2.12. The molecule has 21 heavy (non-hydrogen) atoms. The van der Waals surface area contributed by atoms with Crippen LogP contribution in [-0.2, 0) is 11.3 Å². The van der Waals surface area contributed by atoms with Gasteiger partial charge in [0.1, 0.15) is 11.6 Å². The number of aromatic carboxylic acids is 1. The van der Waals surface area contributed by atoms with Crippen LogP contribution >= 0.6 is 0 Å². The van der Waals surface area contributed by atoms with Crippen molar-refractivity contribution in [3.05, 3.63) is 41.2 Å². The number of nitrogens with zero attached hydrogens (tertiary/aromatic N) is 2. The van der Waals surface area contributed by atoms with Crippen LogP contribution in [0.25, 0.3) is 0 Å². The SMILES string of the molecule is COC(=O)c1nc(C)cc(NCc2ccc(C(=O)O)o2)n1. The van der Waals surface area contributed by atoms with Crippen LogP contribution in [0.1, 0.15) is 32.6 Å². The second-order valence-corrected chi connectivity index (χ2v) is 4.13. The van der Waals surface area contributed by atoms with Gasteiger partial charge in [0.05, 0.1) is 13.7 Å². The van der Waals surface area contributed by atoms with Gasteiger partial charge >= 0.3 is 11.9 Å². The number of anilines is 1. The van der Waals surface area contributed by atoms with Crippen molar-refractivity contribution in [2.24, 2.45) is 0 Å². The van der Waals surface area contributed by atoms with E-state index in [1.165, 1.54) is 13.2 Å². The number of hydrogen-bond donors (Lipinski definition) is 2. The molecule has 0 aromatic carbocycles. The molecule has 0 aliphatic rings. The quantitative estimate of drug-likeness (QED) is 0.796. The molecule has 0 radical (unpaired) electrons. The Morgan fingerprint density at radius 3 is 2.76 bits per heavy atom. The Labute approximate surface area is 119 Å². The average molecular weight is 291 g/mol. The van der Waals surface area contributed by atoms with E-state index in [0.29, 0.717) is 17.3 Å². The lowest BCUT2D eigenvalue weighted by Gasteiger charge is -2.06. The van der Waals surface area contributed by atoms with Gasteiger partial charge < -0.3 is 19.6 Å². The fourth-order valence-corrected chi connectivity index (χ4v) is 1.61.